The number of amides is 2. The van der Waals surface area contributed by atoms with Gasteiger partial charge in [0.1, 0.15) is 0 Å². The Morgan fingerprint density at radius 2 is 2.18 bits per heavy atom. The molecule has 1 fully saturated rings. The summed E-state index contributed by atoms with van der Waals surface area (Å²) >= 11 is 0. The average Bonchev–Trinajstić information content (AvgIpc) is 2.82. The number of benzene rings is 1. The fourth-order valence-electron chi connectivity index (χ4n) is 1.90. The molecule has 0 aromatic heterocycles. The van der Waals surface area contributed by atoms with Gasteiger partial charge in [0.2, 0.25) is 0 Å². The van der Waals surface area contributed by atoms with E-state index in [2.05, 4.69) is 10.6 Å². The van der Waals surface area contributed by atoms with Crippen molar-refractivity contribution in [3.63, 3.8) is 0 Å². The molecule has 1 unspecified atom stereocenters. The second-order valence-corrected chi connectivity index (χ2v) is 4.31. The Morgan fingerprint density at radius 1 is 1.41 bits per heavy atom. The molecular weight excluding hydrogens is 216 g/mol. The summed E-state index contributed by atoms with van der Waals surface area (Å²) in [6, 6.07) is 9.94. The summed E-state index contributed by atoms with van der Waals surface area (Å²) in [6.07, 6.45) is 0.896. The predicted molar refractivity (Wildman–Crippen MR) is 65.7 cm³/mol. The number of hydrogen-bond donors (Lipinski definition) is 2. The SMILES string of the molecule is C[C@@H](NC(=O)NC1CCOC1)c1ccccc1. The second-order valence-electron chi connectivity index (χ2n) is 4.31. The molecule has 4 nitrogen and oxygen atoms in total. The summed E-state index contributed by atoms with van der Waals surface area (Å²) in [4.78, 5) is 11.7. The van der Waals surface area contributed by atoms with Crippen molar-refractivity contribution in [1.82, 2.24) is 10.6 Å². The molecule has 17 heavy (non-hydrogen) atoms. The molecule has 1 aliphatic rings. The first-order chi connectivity index (χ1) is 8.25. The van der Waals surface area contributed by atoms with Crippen molar-refractivity contribution in [2.24, 2.45) is 0 Å². The van der Waals surface area contributed by atoms with Crippen molar-refractivity contribution in [2.45, 2.75) is 25.4 Å². The van der Waals surface area contributed by atoms with E-state index < -0.39 is 0 Å². The summed E-state index contributed by atoms with van der Waals surface area (Å²) in [5.41, 5.74) is 1.10. The number of urea groups is 1. The van der Waals surface area contributed by atoms with Crippen LogP contribution in [0.5, 0.6) is 0 Å². The fraction of sp³-hybridized carbons (Fsp3) is 0.462. The Hall–Kier alpha value is -1.55. The molecule has 1 aromatic rings. The highest BCUT2D eigenvalue weighted by atomic mass is 16.5. The van der Waals surface area contributed by atoms with Gasteiger partial charge in [0.05, 0.1) is 18.7 Å². The summed E-state index contributed by atoms with van der Waals surface area (Å²) in [6.45, 7) is 3.33. The quantitative estimate of drug-likeness (QED) is 0.838. The van der Waals surface area contributed by atoms with Crippen molar-refractivity contribution < 1.29 is 9.53 Å². The van der Waals surface area contributed by atoms with E-state index in [0.29, 0.717) is 6.61 Å². The molecule has 2 rings (SSSR count). The zero-order chi connectivity index (χ0) is 12.1. The molecule has 1 aliphatic heterocycles. The lowest BCUT2D eigenvalue weighted by Crippen LogP contribution is -2.43. The molecule has 0 radical (unpaired) electrons. The normalized spacial score (nSPS) is 20.9. The highest BCUT2D eigenvalue weighted by molar-refractivity contribution is 5.74. The van der Waals surface area contributed by atoms with Crippen LogP contribution in [0.3, 0.4) is 0 Å². The van der Waals surface area contributed by atoms with E-state index >= 15 is 0 Å². The van der Waals surface area contributed by atoms with E-state index in [9.17, 15) is 4.79 Å². The van der Waals surface area contributed by atoms with Crippen molar-refractivity contribution >= 4 is 6.03 Å². The minimum absolute atomic E-state index is 0.0125. The summed E-state index contributed by atoms with van der Waals surface area (Å²) < 4.78 is 5.21. The highest BCUT2D eigenvalue weighted by Gasteiger charge is 2.18. The third kappa shape index (κ3) is 3.46. The molecule has 2 amide bonds. The van der Waals surface area contributed by atoms with E-state index in [-0.39, 0.29) is 18.1 Å². The maximum absolute atomic E-state index is 11.7. The van der Waals surface area contributed by atoms with E-state index in [1.54, 1.807) is 0 Å². The molecule has 0 saturated carbocycles. The van der Waals surface area contributed by atoms with Crippen molar-refractivity contribution in [1.29, 1.82) is 0 Å². The third-order valence-electron chi connectivity index (χ3n) is 2.91. The molecule has 0 spiro atoms. The minimum Gasteiger partial charge on any atom is -0.379 e. The van der Waals surface area contributed by atoms with Gasteiger partial charge in [-0.15, -0.1) is 0 Å². The molecule has 1 aromatic carbocycles. The van der Waals surface area contributed by atoms with Crippen LogP contribution in [0.25, 0.3) is 0 Å². The van der Waals surface area contributed by atoms with Crippen molar-refractivity contribution in [3.05, 3.63) is 35.9 Å². The molecular formula is C13H18N2O2. The van der Waals surface area contributed by atoms with E-state index in [1.807, 2.05) is 37.3 Å². The van der Waals surface area contributed by atoms with Crippen LogP contribution in [-0.2, 0) is 4.74 Å². The lowest BCUT2D eigenvalue weighted by molar-refractivity contribution is 0.188. The zero-order valence-corrected chi connectivity index (χ0v) is 9.98. The first kappa shape index (κ1) is 11.9. The van der Waals surface area contributed by atoms with E-state index in [1.165, 1.54) is 0 Å². The second kappa shape index (κ2) is 5.68. The largest absolute Gasteiger partial charge is 0.379 e. The Bertz CT molecular complexity index is 361. The molecule has 2 N–H and O–H groups in total. The van der Waals surface area contributed by atoms with Crippen LogP contribution in [0.2, 0.25) is 0 Å². The van der Waals surface area contributed by atoms with Gasteiger partial charge in [-0.3, -0.25) is 0 Å². The van der Waals surface area contributed by atoms with Crippen LogP contribution >= 0.6 is 0 Å². The van der Waals surface area contributed by atoms with Gasteiger partial charge in [-0.2, -0.15) is 0 Å². The van der Waals surface area contributed by atoms with Crippen molar-refractivity contribution in [2.75, 3.05) is 13.2 Å². The number of nitrogens with one attached hydrogen (secondary N) is 2. The molecule has 4 heteroatoms. The Labute approximate surface area is 101 Å². The topological polar surface area (TPSA) is 50.4 Å². The standard InChI is InChI=1S/C13H18N2O2/c1-10(11-5-3-2-4-6-11)14-13(16)15-12-7-8-17-9-12/h2-6,10,12H,7-9H2,1H3,(H2,14,15,16)/t10-,12?/m1/s1. The predicted octanol–water partition coefficient (Wildman–Crippen LogP) is 1.84. The molecule has 0 aliphatic carbocycles. The molecule has 92 valence electrons. The summed E-state index contributed by atoms with van der Waals surface area (Å²) in [5, 5.41) is 5.82. The van der Waals surface area contributed by atoms with Crippen molar-refractivity contribution in [3.8, 4) is 0 Å². The molecule has 2 atom stereocenters. The fourth-order valence-corrected chi connectivity index (χ4v) is 1.90. The van der Waals surface area contributed by atoms with Gasteiger partial charge in [-0.1, -0.05) is 30.3 Å². The van der Waals surface area contributed by atoms with Crippen LogP contribution in [0.4, 0.5) is 4.79 Å². The van der Waals surface area contributed by atoms with Gasteiger partial charge in [0, 0.05) is 6.61 Å². The number of ether oxygens (including phenoxy) is 1. The van der Waals surface area contributed by atoms with Crippen LogP contribution in [0.1, 0.15) is 24.9 Å². The number of carbonyl (C=O) groups excluding carboxylic acids is 1. The maximum Gasteiger partial charge on any atom is 0.315 e. The van der Waals surface area contributed by atoms with Crippen LogP contribution in [0.15, 0.2) is 30.3 Å². The first-order valence-electron chi connectivity index (χ1n) is 5.95. The van der Waals surface area contributed by atoms with Gasteiger partial charge < -0.3 is 15.4 Å². The summed E-state index contributed by atoms with van der Waals surface area (Å²) in [5.74, 6) is 0. The van der Waals surface area contributed by atoms with E-state index in [0.717, 1.165) is 18.6 Å². The van der Waals surface area contributed by atoms with E-state index in [4.69, 9.17) is 4.74 Å². The number of carbonyl (C=O) groups is 1. The Morgan fingerprint density at radius 3 is 2.82 bits per heavy atom. The van der Waals surface area contributed by atoms with Crippen LogP contribution in [-0.4, -0.2) is 25.3 Å². The maximum atomic E-state index is 11.7. The van der Waals surface area contributed by atoms with Gasteiger partial charge in [-0.25, -0.2) is 4.79 Å². The smallest absolute Gasteiger partial charge is 0.315 e. The van der Waals surface area contributed by atoms with Gasteiger partial charge in [0.15, 0.2) is 0 Å². The van der Waals surface area contributed by atoms with Gasteiger partial charge >= 0.3 is 6.03 Å². The van der Waals surface area contributed by atoms with Gasteiger partial charge in [-0.05, 0) is 18.9 Å². The van der Waals surface area contributed by atoms with Crippen LogP contribution < -0.4 is 10.6 Å². The van der Waals surface area contributed by atoms with Crippen LogP contribution in [0, 0.1) is 0 Å². The zero-order valence-electron chi connectivity index (χ0n) is 9.98. The number of rotatable bonds is 3. The lowest BCUT2D eigenvalue weighted by Gasteiger charge is -2.17. The lowest BCUT2D eigenvalue weighted by atomic mass is 10.1. The highest BCUT2D eigenvalue weighted by Crippen LogP contribution is 2.11. The Kier molecular flexibility index (Phi) is 3.98. The first-order valence-corrected chi connectivity index (χ1v) is 5.95. The minimum atomic E-state index is -0.128. The molecule has 0 bridgehead atoms. The third-order valence-corrected chi connectivity index (χ3v) is 2.91. The molecule has 1 heterocycles. The summed E-state index contributed by atoms with van der Waals surface area (Å²) in [7, 11) is 0. The monoisotopic (exact) mass is 234 g/mol. The Balaban J connectivity index is 1.81. The molecule has 1 saturated heterocycles. The average molecular weight is 234 g/mol. The number of hydrogen-bond acceptors (Lipinski definition) is 2. The van der Waals surface area contributed by atoms with Gasteiger partial charge in [0.25, 0.3) is 0 Å².